The number of imide groups is 1. The Balaban J connectivity index is 2.20. The van der Waals surface area contributed by atoms with Crippen LogP contribution < -0.4 is 16.1 Å². The molecule has 0 aliphatic carbocycles. The third-order valence-corrected chi connectivity index (χ3v) is 3.53. The van der Waals surface area contributed by atoms with Gasteiger partial charge in [-0.2, -0.15) is 5.10 Å². The third-order valence-electron chi connectivity index (χ3n) is 3.53. The minimum atomic E-state index is -1.28. The summed E-state index contributed by atoms with van der Waals surface area (Å²) < 4.78 is 6.41. The second kappa shape index (κ2) is 8.75. The smallest absolute Gasteiger partial charge is 0.363 e. The van der Waals surface area contributed by atoms with E-state index in [1.54, 1.807) is 38.1 Å². The molecule has 0 saturated carbocycles. The maximum atomic E-state index is 12.3. The van der Waals surface area contributed by atoms with Crippen LogP contribution in [0.4, 0.5) is 4.79 Å². The summed E-state index contributed by atoms with van der Waals surface area (Å²) in [4.78, 5) is 47.7. The zero-order valence-corrected chi connectivity index (χ0v) is 15.2. The first kappa shape index (κ1) is 19.8. The Morgan fingerprint density at radius 3 is 2.52 bits per heavy atom. The van der Waals surface area contributed by atoms with Crippen molar-refractivity contribution < 1.29 is 19.1 Å². The molecule has 1 aromatic heterocycles. The highest BCUT2D eigenvalue weighted by molar-refractivity contribution is 5.98. The molecule has 2 aromatic rings. The van der Waals surface area contributed by atoms with Gasteiger partial charge < -0.3 is 10.1 Å². The van der Waals surface area contributed by atoms with E-state index in [-0.39, 0.29) is 0 Å². The number of benzene rings is 1. The van der Waals surface area contributed by atoms with Crippen LogP contribution >= 0.6 is 0 Å². The maximum Gasteiger partial charge on any atom is 0.363 e. The molecule has 2 N–H and O–H groups in total. The second-order valence-corrected chi connectivity index (χ2v) is 5.64. The Morgan fingerprint density at radius 1 is 1.22 bits per heavy atom. The monoisotopic (exact) mass is 372 g/mol. The van der Waals surface area contributed by atoms with Crippen molar-refractivity contribution in [3.8, 4) is 5.69 Å². The number of ether oxygens (including phenoxy) is 1. The molecule has 0 saturated heterocycles. The van der Waals surface area contributed by atoms with E-state index in [9.17, 15) is 19.2 Å². The normalized spacial score (nSPS) is 11.4. The van der Waals surface area contributed by atoms with Gasteiger partial charge in [0.2, 0.25) is 11.1 Å². The molecule has 0 aliphatic heterocycles. The molecule has 9 heteroatoms. The average molecular weight is 372 g/mol. The summed E-state index contributed by atoms with van der Waals surface area (Å²) in [5.74, 6) is -1.87. The first-order valence-corrected chi connectivity index (χ1v) is 8.29. The van der Waals surface area contributed by atoms with Gasteiger partial charge in [0.1, 0.15) is 0 Å². The predicted octanol–water partition coefficient (Wildman–Crippen LogP) is 0.932. The minimum Gasteiger partial charge on any atom is -0.448 e. The van der Waals surface area contributed by atoms with E-state index in [2.05, 4.69) is 10.4 Å². The van der Waals surface area contributed by atoms with Crippen LogP contribution in [-0.2, 0) is 9.53 Å². The summed E-state index contributed by atoms with van der Waals surface area (Å²) >= 11 is 0. The summed E-state index contributed by atoms with van der Waals surface area (Å²) in [7, 11) is 0. The molecule has 1 unspecified atom stereocenters. The van der Waals surface area contributed by atoms with Crippen LogP contribution in [0.15, 0.2) is 41.2 Å². The van der Waals surface area contributed by atoms with Crippen molar-refractivity contribution in [3.05, 3.63) is 58.0 Å². The summed E-state index contributed by atoms with van der Waals surface area (Å²) in [5.41, 5.74) is 0.110. The van der Waals surface area contributed by atoms with E-state index in [4.69, 9.17) is 4.74 Å². The Kier molecular flexibility index (Phi) is 6.42. The number of carbonyl (C=O) groups is 3. The molecule has 0 aliphatic rings. The van der Waals surface area contributed by atoms with E-state index in [0.717, 1.165) is 0 Å². The van der Waals surface area contributed by atoms with Crippen molar-refractivity contribution in [1.29, 1.82) is 0 Å². The highest BCUT2D eigenvalue weighted by Gasteiger charge is 2.24. The topological polar surface area (TPSA) is 119 Å². The Labute approximate surface area is 155 Å². The molecule has 0 spiro atoms. The van der Waals surface area contributed by atoms with E-state index in [0.29, 0.717) is 17.9 Å². The van der Waals surface area contributed by atoms with Crippen molar-refractivity contribution in [2.45, 2.75) is 26.9 Å². The van der Waals surface area contributed by atoms with E-state index in [1.165, 1.54) is 17.7 Å². The van der Waals surface area contributed by atoms with Crippen molar-refractivity contribution in [1.82, 2.24) is 20.4 Å². The molecule has 0 radical (unpaired) electrons. The zero-order valence-electron chi connectivity index (χ0n) is 15.2. The van der Waals surface area contributed by atoms with Gasteiger partial charge in [-0.1, -0.05) is 18.2 Å². The van der Waals surface area contributed by atoms with Crippen LogP contribution in [0.25, 0.3) is 5.69 Å². The largest absolute Gasteiger partial charge is 0.448 e. The fraction of sp³-hybridized carbons (Fsp3) is 0.278. The highest BCUT2D eigenvalue weighted by atomic mass is 16.5. The van der Waals surface area contributed by atoms with Gasteiger partial charge in [0, 0.05) is 18.3 Å². The first-order valence-electron chi connectivity index (χ1n) is 8.29. The number of hydrogen-bond donors (Lipinski definition) is 2. The molecule has 1 heterocycles. The maximum absolute atomic E-state index is 12.3. The Hall–Kier alpha value is -3.49. The molecule has 3 amide bonds. The van der Waals surface area contributed by atoms with Crippen LogP contribution in [0, 0.1) is 6.92 Å². The van der Waals surface area contributed by atoms with Crippen LogP contribution in [0.2, 0.25) is 0 Å². The van der Waals surface area contributed by atoms with Crippen LogP contribution in [-0.4, -0.2) is 40.3 Å². The predicted molar refractivity (Wildman–Crippen MR) is 96.7 cm³/mol. The summed E-state index contributed by atoms with van der Waals surface area (Å²) in [6, 6.07) is 9.50. The number of nitrogens with zero attached hydrogens (tertiary/aromatic N) is 2. The number of aryl methyl sites for hydroxylation is 1. The molecule has 0 bridgehead atoms. The Morgan fingerprint density at radius 2 is 1.89 bits per heavy atom. The number of esters is 1. The molecule has 0 fully saturated rings. The highest BCUT2D eigenvalue weighted by Crippen LogP contribution is 2.08. The van der Waals surface area contributed by atoms with Gasteiger partial charge in [0.15, 0.2) is 6.10 Å². The molecule has 1 atom stereocenters. The molecule has 142 valence electrons. The summed E-state index contributed by atoms with van der Waals surface area (Å²) in [6.07, 6.45) is -1.28. The zero-order chi connectivity index (χ0) is 20.0. The van der Waals surface area contributed by atoms with Crippen LogP contribution in [0.3, 0.4) is 0 Å². The van der Waals surface area contributed by atoms with Gasteiger partial charge in [0.05, 0.1) is 5.69 Å². The number of carbonyl (C=O) groups excluding carboxylic acids is 3. The van der Waals surface area contributed by atoms with Crippen molar-refractivity contribution >= 4 is 17.9 Å². The van der Waals surface area contributed by atoms with Crippen molar-refractivity contribution in [2.24, 2.45) is 0 Å². The summed E-state index contributed by atoms with van der Waals surface area (Å²) in [5, 5.41) is 8.47. The lowest BCUT2D eigenvalue weighted by Crippen LogP contribution is -2.44. The minimum absolute atomic E-state index is 0.333. The number of aromatic nitrogens is 2. The molecular formula is C18H20N4O5. The fourth-order valence-corrected chi connectivity index (χ4v) is 2.21. The Bertz CT molecular complexity index is 908. The number of urea groups is 1. The quantitative estimate of drug-likeness (QED) is 0.754. The average Bonchev–Trinajstić information content (AvgIpc) is 2.62. The van der Waals surface area contributed by atoms with Crippen molar-refractivity contribution in [2.75, 3.05) is 6.54 Å². The SMILES string of the molecule is CCNC(=O)NC(=O)C(C)OC(=O)c1nn(-c2ccccc2)c(C)cc1=O. The lowest BCUT2D eigenvalue weighted by atomic mass is 10.3. The van der Waals surface area contributed by atoms with Gasteiger partial charge >= 0.3 is 12.0 Å². The van der Waals surface area contributed by atoms with E-state index >= 15 is 0 Å². The van der Waals surface area contributed by atoms with Gasteiger partial charge in [-0.05, 0) is 32.9 Å². The number of amides is 3. The lowest BCUT2D eigenvalue weighted by Gasteiger charge is -2.14. The second-order valence-electron chi connectivity index (χ2n) is 5.64. The van der Waals surface area contributed by atoms with Gasteiger partial charge in [0.25, 0.3) is 5.91 Å². The van der Waals surface area contributed by atoms with E-state index in [1.807, 2.05) is 11.4 Å². The standard InChI is InChI=1S/C18H20N4O5/c1-4-19-18(26)20-16(24)12(3)27-17(25)15-14(23)10-11(2)22(21-15)13-8-6-5-7-9-13/h5-10,12H,4H2,1-3H3,(H2,19,20,24,26). The van der Waals surface area contributed by atoms with Gasteiger partial charge in [-0.3, -0.25) is 14.9 Å². The molecule has 1 aromatic carbocycles. The van der Waals surface area contributed by atoms with Gasteiger partial charge in [-0.25, -0.2) is 14.3 Å². The molecule has 9 nitrogen and oxygen atoms in total. The van der Waals surface area contributed by atoms with Crippen LogP contribution in [0.1, 0.15) is 30.0 Å². The van der Waals surface area contributed by atoms with E-state index < -0.39 is 35.1 Å². The number of nitrogens with one attached hydrogen (secondary N) is 2. The van der Waals surface area contributed by atoms with Crippen LogP contribution in [0.5, 0.6) is 0 Å². The fourth-order valence-electron chi connectivity index (χ4n) is 2.21. The summed E-state index contributed by atoms with van der Waals surface area (Å²) in [6.45, 7) is 4.99. The molecule has 2 rings (SSSR count). The number of rotatable bonds is 5. The first-order chi connectivity index (χ1) is 12.8. The molecule has 27 heavy (non-hydrogen) atoms. The van der Waals surface area contributed by atoms with Gasteiger partial charge in [-0.15, -0.1) is 0 Å². The number of para-hydroxylation sites is 1. The lowest BCUT2D eigenvalue weighted by molar-refractivity contribution is -0.127. The van der Waals surface area contributed by atoms with Crippen molar-refractivity contribution in [3.63, 3.8) is 0 Å². The third kappa shape index (κ3) is 5.00. The molecular weight excluding hydrogens is 352 g/mol. The number of hydrogen-bond acceptors (Lipinski definition) is 6.